The Labute approximate surface area is 142 Å². The molecule has 0 saturated heterocycles. The van der Waals surface area contributed by atoms with Crippen LogP contribution < -0.4 is 11.1 Å². The second kappa shape index (κ2) is 8.65. The SMILES string of the molecule is CNCC1CCCC1C/C=C/c1c(N)cc(Cl)cc1CC(F)F. The highest BCUT2D eigenvalue weighted by Gasteiger charge is 2.25. The summed E-state index contributed by atoms with van der Waals surface area (Å²) in [7, 11) is 1.98. The topological polar surface area (TPSA) is 38.0 Å². The van der Waals surface area contributed by atoms with Gasteiger partial charge in [0.05, 0.1) is 0 Å². The zero-order chi connectivity index (χ0) is 16.8. The normalized spacial score (nSPS) is 21.6. The lowest BCUT2D eigenvalue weighted by molar-refractivity contribution is 0.149. The number of hydrogen-bond acceptors (Lipinski definition) is 2. The number of anilines is 1. The molecule has 1 aliphatic carbocycles. The number of benzene rings is 1. The van der Waals surface area contributed by atoms with E-state index in [1.807, 2.05) is 13.1 Å². The standard InChI is InChI=1S/C18H25ClF2N2/c1-23-11-13-6-2-4-12(13)5-3-7-16-14(9-18(20)21)8-15(19)10-17(16)22/h3,7-8,10,12-13,18,23H,2,4-6,9,11,22H2,1H3/b7-3+. The molecule has 2 unspecified atom stereocenters. The fraction of sp³-hybridized carbons (Fsp3) is 0.556. The van der Waals surface area contributed by atoms with Crippen LogP contribution >= 0.6 is 11.6 Å². The first-order chi connectivity index (χ1) is 11.0. The van der Waals surface area contributed by atoms with Crippen LogP contribution in [0.5, 0.6) is 0 Å². The first kappa shape index (κ1) is 18.2. The van der Waals surface area contributed by atoms with Crippen LogP contribution in [-0.2, 0) is 6.42 Å². The quantitative estimate of drug-likeness (QED) is 0.700. The molecule has 1 aliphatic rings. The van der Waals surface area contributed by atoms with Gasteiger partial charge in [-0.1, -0.05) is 30.2 Å². The van der Waals surface area contributed by atoms with E-state index in [-0.39, 0.29) is 6.42 Å². The minimum atomic E-state index is -2.41. The number of nitrogens with one attached hydrogen (secondary N) is 1. The molecular weight excluding hydrogens is 318 g/mol. The molecule has 2 atom stereocenters. The van der Waals surface area contributed by atoms with Gasteiger partial charge in [0.15, 0.2) is 0 Å². The van der Waals surface area contributed by atoms with Crippen LogP contribution in [0, 0.1) is 11.8 Å². The predicted octanol–water partition coefficient (Wildman–Crippen LogP) is 4.77. The number of rotatable bonds is 7. The van der Waals surface area contributed by atoms with Crippen molar-refractivity contribution in [2.75, 3.05) is 19.3 Å². The maximum Gasteiger partial charge on any atom is 0.242 e. The van der Waals surface area contributed by atoms with E-state index < -0.39 is 6.43 Å². The van der Waals surface area contributed by atoms with Gasteiger partial charge >= 0.3 is 0 Å². The van der Waals surface area contributed by atoms with Gasteiger partial charge in [0, 0.05) is 22.7 Å². The van der Waals surface area contributed by atoms with Gasteiger partial charge in [0.1, 0.15) is 0 Å². The van der Waals surface area contributed by atoms with Crippen LogP contribution in [0.25, 0.3) is 6.08 Å². The van der Waals surface area contributed by atoms with E-state index in [1.165, 1.54) is 19.3 Å². The van der Waals surface area contributed by atoms with Crippen molar-refractivity contribution in [1.29, 1.82) is 0 Å². The van der Waals surface area contributed by atoms with E-state index in [0.29, 0.717) is 33.7 Å². The van der Waals surface area contributed by atoms with Crippen LogP contribution in [0.15, 0.2) is 18.2 Å². The number of alkyl halides is 2. The fourth-order valence-electron chi connectivity index (χ4n) is 3.55. The molecule has 0 aromatic heterocycles. The summed E-state index contributed by atoms with van der Waals surface area (Å²) in [6.45, 7) is 1.04. The monoisotopic (exact) mass is 342 g/mol. The van der Waals surface area contributed by atoms with E-state index in [2.05, 4.69) is 11.4 Å². The molecule has 0 bridgehead atoms. The Morgan fingerprint density at radius 2 is 2.09 bits per heavy atom. The van der Waals surface area contributed by atoms with Crippen LogP contribution in [0.1, 0.15) is 36.8 Å². The van der Waals surface area contributed by atoms with Crippen molar-refractivity contribution in [1.82, 2.24) is 5.32 Å². The van der Waals surface area contributed by atoms with Crippen molar-refractivity contribution < 1.29 is 8.78 Å². The van der Waals surface area contributed by atoms with Gasteiger partial charge in [0.25, 0.3) is 0 Å². The van der Waals surface area contributed by atoms with Gasteiger partial charge in [-0.2, -0.15) is 0 Å². The van der Waals surface area contributed by atoms with Crippen LogP contribution in [-0.4, -0.2) is 20.0 Å². The number of nitrogen functional groups attached to an aromatic ring is 1. The van der Waals surface area contributed by atoms with Gasteiger partial charge in [0.2, 0.25) is 6.43 Å². The van der Waals surface area contributed by atoms with Crippen molar-refractivity contribution in [3.05, 3.63) is 34.4 Å². The molecule has 1 saturated carbocycles. The van der Waals surface area contributed by atoms with Crippen LogP contribution in [0.2, 0.25) is 5.02 Å². The molecule has 23 heavy (non-hydrogen) atoms. The van der Waals surface area contributed by atoms with Crippen LogP contribution in [0.3, 0.4) is 0 Å². The summed E-state index contributed by atoms with van der Waals surface area (Å²) < 4.78 is 25.5. The molecule has 0 amide bonds. The van der Waals surface area contributed by atoms with E-state index in [0.717, 1.165) is 13.0 Å². The van der Waals surface area contributed by atoms with Gasteiger partial charge in [-0.25, -0.2) is 8.78 Å². The molecule has 1 fully saturated rings. The summed E-state index contributed by atoms with van der Waals surface area (Å²) >= 11 is 5.94. The molecule has 0 radical (unpaired) electrons. The van der Waals surface area contributed by atoms with E-state index in [1.54, 1.807) is 12.1 Å². The summed E-state index contributed by atoms with van der Waals surface area (Å²) in [6.07, 6.45) is 5.96. The average Bonchev–Trinajstić information content (AvgIpc) is 2.89. The van der Waals surface area contributed by atoms with Gasteiger partial charge in [-0.15, -0.1) is 0 Å². The van der Waals surface area contributed by atoms with Crippen molar-refractivity contribution >= 4 is 23.4 Å². The van der Waals surface area contributed by atoms with Gasteiger partial charge in [-0.05, 0) is 62.4 Å². The van der Waals surface area contributed by atoms with Gasteiger partial charge < -0.3 is 11.1 Å². The Kier molecular flexibility index (Phi) is 6.85. The number of nitrogens with two attached hydrogens (primary N) is 1. The lowest BCUT2D eigenvalue weighted by Gasteiger charge is -2.17. The molecule has 0 spiro atoms. The third-order valence-corrected chi connectivity index (χ3v) is 4.86. The smallest absolute Gasteiger partial charge is 0.242 e. The molecule has 2 rings (SSSR count). The molecule has 0 aliphatic heterocycles. The molecule has 1 aromatic carbocycles. The third-order valence-electron chi connectivity index (χ3n) is 4.64. The molecular formula is C18H25ClF2N2. The number of allylic oxidation sites excluding steroid dienone is 1. The summed E-state index contributed by atoms with van der Waals surface area (Å²) in [6, 6.07) is 3.21. The zero-order valence-corrected chi connectivity index (χ0v) is 14.3. The second-order valence-corrected chi connectivity index (χ2v) is 6.75. The lowest BCUT2D eigenvalue weighted by atomic mass is 9.92. The maximum absolute atomic E-state index is 12.8. The zero-order valence-electron chi connectivity index (χ0n) is 13.5. The molecule has 0 heterocycles. The Balaban J connectivity index is 2.09. The lowest BCUT2D eigenvalue weighted by Crippen LogP contribution is -2.21. The number of hydrogen-bond donors (Lipinski definition) is 2. The van der Waals surface area contributed by atoms with E-state index >= 15 is 0 Å². The largest absolute Gasteiger partial charge is 0.398 e. The Morgan fingerprint density at radius 1 is 1.35 bits per heavy atom. The predicted molar refractivity (Wildman–Crippen MR) is 94.0 cm³/mol. The summed E-state index contributed by atoms with van der Waals surface area (Å²) in [4.78, 5) is 0. The van der Waals surface area contributed by atoms with Crippen molar-refractivity contribution in [3.8, 4) is 0 Å². The molecule has 2 nitrogen and oxygen atoms in total. The minimum absolute atomic E-state index is 0.323. The first-order valence-electron chi connectivity index (χ1n) is 8.18. The Morgan fingerprint density at radius 3 is 2.78 bits per heavy atom. The molecule has 3 N–H and O–H groups in total. The number of halogens is 3. The van der Waals surface area contributed by atoms with Crippen molar-refractivity contribution in [2.45, 2.75) is 38.5 Å². The van der Waals surface area contributed by atoms with Crippen LogP contribution in [0.4, 0.5) is 14.5 Å². The van der Waals surface area contributed by atoms with Crippen molar-refractivity contribution in [2.24, 2.45) is 11.8 Å². The Hall–Kier alpha value is -1.13. The highest BCUT2D eigenvalue weighted by Crippen LogP contribution is 2.34. The minimum Gasteiger partial charge on any atom is -0.398 e. The summed E-state index contributed by atoms with van der Waals surface area (Å²) in [5.74, 6) is 1.36. The van der Waals surface area contributed by atoms with Crippen molar-refractivity contribution in [3.63, 3.8) is 0 Å². The van der Waals surface area contributed by atoms with E-state index in [9.17, 15) is 8.78 Å². The summed E-state index contributed by atoms with van der Waals surface area (Å²) in [5, 5.41) is 3.65. The highest BCUT2D eigenvalue weighted by atomic mass is 35.5. The molecule has 5 heteroatoms. The maximum atomic E-state index is 12.8. The molecule has 1 aromatic rings. The van der Waals surface area contributed by atoms with E-state index in [4.69, 9.17) is 17.3 Å². The third kappa shape index (κ3) is 5.18. The highest BCUT2D eigenvalue weighted by molar-refractivity contribution is 6.31. The van der Waals surface area contributed by atoms with Gasteiger partial charge in [-0.3, -0.25) is 0 Å². The fourth-order valence-corrected chi connectivity index (χ4v) is 3.80. The first-order valence-corrected chi connectivity index (χ1v) is 8.56. The second-order valence-electron chi connectivity index (χ2n) is 6.31. The summed E-state index contributed by atoms with van der Waals surface area (Å²) in [5.41, 5.74) is 7.63. The average molecular weight is 343 g/mol. The Bertz CT molecular complexity index is 546. The molecule has 128 valence electrons.